The van der Waals surface area contributed by atoms with E-state index in [2.05, 4.69) is 24.8 Å². The number of rotatable bonds is 10. The molecule has 0 spiro atoms. The van der Waals surface area contributed by atoms with Crippen LogP contribution in [0.5, 0.6) is 0 Å². The maximum Gasteiger partial charge on any atom is 0.340 e. The number of ether oxygens (including phenoxy) is 2. The fraction of sp³-hybridized carbons (Fsp3) is 0.656. The molecular weight excluding hydrogens is 493 g/mol. The van der Waals surface area contributed by atoms with Gasteiger partial charge in [-0.05, 0) is 84.6 Å². The molecule has 1 unspecified atom stereocenters. The van der Waals surface area contributed by atoms with E-state index >= 15 is 0 Å². The van der Waals surface area contributed by atoms with Crippen molar-refractivity contribution in [1.82, 2.24) is 9.97 Å². The van der Waals surface area contributed by atoms with Crippen LogP contribution in [0.4, 0.5) is 10.1 Å². The molecule has 0 aliphatic carbocycles. The number of halogens is 1. The molecule has 3 rings (SSSR count). The lowest BCUT2D eigenvalue weighted by molar-refractivity contribution is -0.171. The number of pyridine rings is 2. The third kappa shape index (κ3) is 8.47. The average molecular weight is 542 g/mol. The minimum atomic E-state index is -0.917. The number of hydrogen-bond donors (Lipinski definition) is 0. The number of esters is 1. The molecule has 7 heteroatoms. The van der Waals surface area contributed by atoms with E-state index in [0.29, 0.717) is 0 Å². The van der Waals surface area contributed by atoms with Gasteiger partial charge in [-0.3, -0.25) is 14.4 Å². The Labute approximate surface area is 234 Å². The van der Waals surface area contributed by atoms with Crippen molar-refractivity contribution in [1.29, 1.82) is 0 Å². The summed E-state index contributed by atoms with van der Waals surface area (Å²) in [6.07, 6.45) is 6.15. The lowest BCUT2D eigenvalue weighted by atomic mass is 9.82. The van der Waals surface area contributed by atoms with Crippen molar-refractivity contribution in [2.24, 2.45) is 11.3 Å². The predicted molar refractivity (Wildman–Crippen MR) is 156 cm³/mol. The van der Waals surface area contributed by atoms with E-state index in [1.54, 1.807) is 0 Å². The number of alkyl halides is 1. The van der Waals surface area contributed by atoms with Gasteiger partial charge in [0.2, 0.25) is 0 Å². The van der Waals surface area contributed by atoms with Crippen LogP contribution in [0.2, 0.25) is 0 Å². The molecule has 0 N–H and O–H groups in total. The van der Waals surface area contributed by atoms with E-state index in [1.807, 2.05) is 66.9 Å². The summed E-state index contributed by atoms with van der Waals surface area (Å²) >= 11 is 0. The first kappa shape index (κ1) is 31.0. The molecule has 0 aromatic carbocycles. The summed E-state index contributed by atoms with van der Waals surface area (Å²) in [6.45, 7) is 19.4. The SMILES string of the molecule is Cc1ncc(-c2ccc(CC[C@H](C)CF)nc2)c(N2CCC(C)(C)CC2)c1C(OC(C)(C)C)C(=O)OC(C)C. The number of carbonyl (C=O) groups excluding carboxylic acids is 1. The van der Waals surface area contributed by atoms with Crippen LogP contribution in [0.1, 0.15) is 97.7 Å². The first-order valence-electron chi connectivity index (χ1n) is 14.3. The maximum absolute atomic E-state index is 13.5. The summed E-state index contributed by atoms with van der Waals surface area (Å²) in [6, 6.07) is 4.07. The van der Waals surface area contributed by atoms with Crippen molar-refractivity contribution in [2.75, 3.05) is 24.7 Å². The number of hydrogen-bond acceptors (Lipinski definition) is 6. The molecular formula is C32H48FN3O3. The second-order valence-electron chi connectivity index (χ2n) is 13.1. The lowest BCUT2D eigenvalue weighted by Crippen LogP contribution is -2.39. The lowest BCUT2D eigenvalue weighted by Gasteiger charge is -2.41. The molecule has 2 aromatic heterocycles. The standard InChI is InChI=1S/C32H48FN3O3/c1-21(2)38-30(37)29(39-31(5,6)7)27-23(4)34-20-26(28(27)36-16-14-32(8,9)15-17-36)24-11-13-25(35-19-24)12-10-22(3)18-33/h11,13,19-22,29H,10,12,14-18H2,1-9H3/t22-,29?/m0/s1. The Morgan fingerprint density at radius 3 is 2.31 bits per heavy atom. The summed E-state index contributed by atoms with van der Waals surface area (Å²) in [7, 11) is 0. The summed E-state index contributed by atoms with van der Waals surface area (Å²) in [5, 5.41) is 0. The molecule has 0 saturated carbocycles. The highest BCUT2D eigenvalue weighted by Gasteiger charge is 2.37. The fourth-order valence-electron chi connectivity index (χ4n) is 4.89. The van der Waals surface area contributed by atoms with E-state index in [-0.39, 0.29) is 24.1 Å². The van der Waals surface area contributed by atoms with Gasteiger partial charge in [0, 0.05) is 53.6 Å². The van der Waals surface area contributed by atoms with Crippen molar-refractivity contribution in [3.63, 3.8) is 0 Å². The zero-order valence-corrected chi connectivity index (χ0v) is 25.4. The molecule has 0 radical (unpaired) electrons. The number of piperidine rings is 1. The molecule has 39 heavy (non-hydrogen) atoms. The Bertz CT molecular complexity index is 1100. The molecule has 1 saturated heterocycles. The van der Waals surface area contributed by atoms with Crippen molar-refractivity contribution >= 4 is 11.7 Å². The van der Waals surface area contributed by atoms with Crippen LogP contribution in [-0.4, -0.2) is 47.4 Å². The zero-order valence-electron chi connectivity index (χ0n) is 25.4. The summed E-state index contributed by atoms with van der Waals surface area (Å²) in [4.78, 5) is 25.4. The average Bonchev–Trinajstić information content (AvgIpc) is 2.85. The highest BCUT2D eigenvalue weighted by Crippen LogP contribution is 2.43. The molecule has 6 nitrogen and oxygen atoms in total. The van der Waals surface area contributed by atoms with Gasteiger partial charge in [0.1, 0.15) is 0 Å². The van der Waals surface area contributed by atoms with Gasteiger partial charge in [0.25, 0.3) is 0 Å². The number of carbonyl (C=O) groups is 1. The van der Waals surface area contributed by atoms with Gasteiger partial charge in [-0.15, -0.1) is 0 Å². The molecule has 216 valence electrons. The van der Waals surface area contributed by atoms with Gasteiger partial charge in [0.05, 0.1) is 24.1 Å². The van der Waals surface area contributed by atoms with Crippen LogP contribution in [0, 0.1) is 18.3 Å². The molecule has 1 fully saturated rings. The van der Waals surface area contributed by atoms with Crippen LogP contribution in [0.3, 0.4) is 0 Å². The molecule has 1 aliphatic rings. The Kier molecular flexibility index (Phi) is 10.1. The van der Waals surface area contributed by atoms with Gasteiger partial charge < -0.3 is 14.4 Å². The van der Waals surface area contributed by atoms with Gasteiger partial charge in [-0.2, -0.15) is 0 Å². The number of nitrogens with zero attached hydrogens (tertiary/aromatic N) is 3. The number of aromatic nitrogens is 2. The Balaban J connectivity index is 2.14. The Hall–Kier alpha value is -2.54. The van der Waals surface area contributed by atoms with Crippen LogP contribution < -0.4 is 4.90 Å². The molecule has 0 amide bonds. The monoisotopic (exact) mass is 541 g/mol. The summed E-state index contributed by atoms with van der Waals surface area (Å²) in [5.74, 6) is -0.383. The first-order valence-corrected chi connectivity index (χ1v) is 14.3. The van der Waals surface area contributed by atoms with Crippen LogP contribution >= 0.6 is 0 Å². The highest BCUT2D eigenvalue weighted by molar-refractivity contribution is 5.87. The smallest absolute Gasteiger partial charge is 0.340 e. The second kappa shape index (κ2) is 12.8. The summed E-state index contributed by atoms with van der Waals surface area (Å²) < 4.78 is 25.1. The van der Waals surface area contributed by atoms with Crippen molar-refractivity contribution in [3.8, 4) is 11.1 Å². The van der Waals surface area contributed by atoms with Crippen LogP contribution in [0.15, 0.2) is 24.5 Å². The highest BCUT2D eigenvalue weighted by atomic mass is 19.1. The largest absolute Gasteiger partial charge is 0.461 e. The minimum absolute atomic E-state index is 0.0237. The Morgan fingerprint density at radius 2 is 1.77 bits per heavy atom. The first-order chi connectivity index (χ1) is 18.2. The van der Waals surface area contributed by atoms with E-state index in [0.717, 1.165) is 72.5 Å². The van der Waals surface area contributed by atoms with Gasteiger partial charge in [-0.25, -0.2) is 4.79 Å². The topological polar surface area (TPSA) is 64.5 Å². The molecule has 1 aliphatic heterocycles. The van der Waals surface area contributed by atoms with Gasteiger partial charge in [-0.1, -0.05) is 26.8 Å². The van der Waals surface area contributed by atoms with Crippen molar-refractivity contribution in [2.45, 2.75) is 106 Å². The quantitative estimate of drug-likeness (QED) is 0.292. The van der Waals surface area contributed by atoms with E-state index in [4.69, 9.17) is 19.4 Å². The van der Waals surface area contributed by atoms with E-state index < -0.39 is 17.7 Å². The number of anilines is 1. The van der Waals surface area contributed by atoms with E-state index in [1.165, 1.54) is 0 Å². The fourth-order valence-corrected chi connectivity index (χ4v) is 4.89. The van der Waals surface area contributed by atoms with E-state index in [9.17, 15) is 9.18 Å². The third-order valence-electron chi connectivity index (χ3n) is 7.31. The Morgan fingerprint density at radius 1 is 1.10 bits per heavy atom. The zero-order chi connectivity index (χ0) is 29.0. The third-order valence-corrected chi connectivity index (χ3v) is 7.31. The molecule has 2 aromatic rings. The normalized spacial score (nSPS) is 17.3. The maximum atomic E-state index is 13.5. The summed E-state index contributed by atoms with van der Waals surface area (Å²) in [5.41, 5.74) is 4.94. The minimum Gasteiger partial charge on any atom is -0.461 e. The van der Waals surface area contributed by atoms with Crippen LogP contribution in [0.25, 0.3) is 11.1 Å². The molecule has 3 heterocycles. The van der Waals surface area contributed by atoms with Gasteiger partial charge >= 0.3 is 5.97 Å². The number of aryl methyl sites for hydroxylation is 2. The van der Waals surface area contributed by atoms with Crippen molar-refractivity contribution in [3.05, 3.63) is 41.5 Å². The van der Waals surface area contributed by atoms with Gasteiger partial charge in [0.15, 0.2) is 6.10 Å². The molecule has 2 atom stereocenters. The van der Waals surface area contributed by atoms with Crippen LogP contribution in [-0.2, 0) is 20.7 Å². The predicted octanol–water partition coefficient (Wildman–Crippen LogP) is 7.42. The second-order valence-corrected chi connectivity index (χ2v) is 13.1. The molecule has 0 bridgehead atoms. The van der Waals surface area contributed by atoms with Crippen molar-refractivity contribution < 1.29 is 18.7 Å².